The number of hydrogen-bond acceptors (Lipinski definition) is 9. The summed E-state index contributed by atoms with van der Waals surface area (Å²) >= 11 is 3.19. The van der Waals surface area contributed by atoms with Crippen LogP contribution >= 0.6 is 23.5 Å². The predicted molar refractivity (Wildman–Crippen MR) is 120 cm³/mol. The number of ether oxygens (including phenoxy) is 1. The number of esters is 1. The fourth-order valence-electron chi connectivity index (χ4n) is 3.12. The van der Waals surface area contributed by atoms with Crippen LogP contribution in [0.5, 0.6) is 0 Å². The number of aliphatic carboxylic acids is 1. The van der Waals surface area contributed by atoms with E-state index in [1.807, 2.05) is 11.8 Å². The van der Waals surface area contributed by atoms with Crippen molar-refractivity contribution in [3.63, 3.8) is 0 Å². The zero-order chi connectivity index (χ0) is 21.2. The third-order valence-electron chi connectivity index (χ3n) is 4.55. The molecule has 1 atom stereocenters. The number of rotatable bonds is 9. The third kappa shape index (κ3) is 6.90. The van der Waals surface area contributed by atoms with E-state index in [1.54, 1.807) is 19.4 Å². The number of carbonyl (C=O) groups is 2. The first-order valence-corrected chi connectivity index (χ1v) is 11.5. The highest BCUT2D eigenvalue weighted by Crippen LogP contribution is 2.23. The Balaban J connectivity index is 2.22. The normalized spacial score (nSPS) is 20.7. The Kier molecular flexibility index (Phi) is 9.75. The van der Waals surface area contributed by atoms with Gasteiger partial charge in [0, 0.05) is 49.8 Å². The van der Waals surface area contributed by atoms with Crippen LogP contribution in [-0.2, 0) is 14.3 Å². The summed E-state index contributed by atoms with van der Waals surface area (Å²) in [5.41, 5.74) is 1.25. The Morgan fingerprint density at radius 2 is 2.34 bits per heavy atom. The van der Waals surface area contributed by atoms with Gasteiger partial charge in [0.15, 0.2) is 5.84 Å². The fraction of sp³-hybridized carbons (Fsp3) is 0.579. The van der Waals surface area contributed by atoms with Gasteiger partial charge in [-0.3, -0.25) is 19.7 Å². The maximum atomic E-state index is 12.5. The smallest absolute Gasteiger partial charge is 0.337 e. The first kappa shape index (κ1) is 23.5. The molecule has 0 spiro atoms. The van der Waals surface area contributed by atoms with E-state index in [0.717, 1.165) is 23.7 Å². The molecule has 29 heavy (non-hydrogen) atoms. The minimum Gasteiger partial charge on any atom is -0.481 e. The Labute approximate surface area is 179 Å². The molecule has 0 aromatic carbocycles. The van der Waals surface area contributed by atoms with E-state index in [2.05, 4.69) is 26.8 Å². The zero-order valence-electron chi connectivity index (χ0n) is 16.8. The molecule has 0 amide bonds. The standard InChI is InChI=1S/C19H28N4O4S2/c1-4-27-19(26)14-10-21-17(18(20-3)29-5-2)22-15(14)11-23-8-9-28-12-13(23)6-7-16(24)25/h5,13H,2,4,6-12H2,1,3H3,(H,21,22)(H,24,25). The van der Waals surface area contributed by atoms with E-state index in [4.69, 9.17) is 9.84 Å². The highest BCUT2D eigenvalue weighted by atomic mass is 32.2. The molecule has 2 aliphatic rings. The molecule has 8 nitrogen and oxygen atoms in total. The molecule has 1 fully saturated rings. The Morgan fingerprint density at radius 1 is 1.55 bits per heavy atom. The molecular weight excluding hydrogens is 412 g/mol. The van der Waals surface area contributed by atoms with Crippen molar-refractivity contribution < 1.29 is 19.4 Å². The van der Waals surface area contributed by atoms with Crippen LogP contribution in [0.4, 0.5) is 0 Å². The first-order valence-electron chi connectivity index (χ1n) is 9.49. The lowest BCUT2D eigenvalue weighted by atomic mass is 10.1. The van der Waals surface area contributed by atoms with Gasteiger partial charge in [-0.1, -0.05) is 18.3 Å². The van der Waals surface area contributed by atoms with E-state index in [9.17, 15) is 9.59 Å². The zero-order valence-corrected chi connectivity index (χ0v) is 18.5. The van der Waals surface area contributed by atoms with E-state index >= 15 is 0 Å². The maximum absolute atomic E-state index is 12.5. The van der Waals surface area contributed by atoms with Crippen molar-refractivity contribution >= 4 is 46.3 Å². The van der Waals surface area contributed by atoms with E-state index < -0.39 is 5.97 Å². The molecule has 0 aromatic rings. The van der Waals surface area contributed by atoms with E-state index in [1.165, 1.54) is 11.8 Å². The van der Waals surface area contributed by atoms with E-state index in [-0.39, 0.29) is 25.0 Å². The number of carboxylic acid groups (broad SMARTS) is 1. The van der Waals surface area contributed by atoms with Crippen LogP contribution < -0.4 is 5.32 Å². The van der Waals surface area contributed by atoms with Crippen LogP contribution in [0.1, 0.15) is 19.8 Å². The molecular formula is C19H28N4O4S2. The van der Waals surface area contributed by atoms with E-state index in [0.29, 0.717) is 36.0 Å². The number of amidine groups is 1. The third-order valence-corrected chi connectivity index (χ3v) is 6.41. The number of carboxylic acids is 1. The Hall–Kier alpha value is -1.78. The van der Waals surface area contributed by atoms with Crippen molar-refractivity contribution in [2.75, 3.05) is 44.8 Å². The van der Waals surface area contributed by atoms with Gasteiger partial charge >= 0.3 is 11.9 Å². The summed E-state index contributed by atoms with van der Waals surface area (Å²) in [5.74, 6) is 1.29. The molecule has 2 aliphatic heterocycles. The lowest BCUT2D eigenvalue weighted by molar-refractivity contribution is -0.139. The topological polar surface area (TPSA) is 104 Å². The monoisotopic (exact) mass is 440 g/mol. The number of carbonyl (C=O) groups excluding carboxylic acids is 1. The van der Waals surface area contributed by atoms with Crippen LogP contribution in [0.25, 0.3) is 0 Å². The van der Waals surface area contributed by atoms with Crippen molar-refractivity contribution in [1.82, 2.24) is 10.2 Å². The van der Waals surface area contributed by atoms with Crippen molar-refractivity contribution in [3.05, 3.63) is 23.3 Å². The van der Waals surface area contributed by atoms with Gasteiger partial charge in [-0.25, -0.2) is 4.79 Å². The SMILES string of the molecule is C=CSC(=NC)C1=NCC(C(=O)OCC)=C(CN2CCSCC2CCC(=O)O)N1. The van der Waals surface area contributed by atoms with Crippen LogP contribution in [0, 0.1) is 0 Å². The number of thioether (sulfide) groups is 2. The van der Waals surface area contributed by atoms with Gasteiger partial charge in [-0.05, 0) is 18.8 Å². The first-order chi connectivity index (χ1) is 14.0. The Bertz CT molecular complexity index is 721. The van der Waals surface area contributed by atoms with Crippen molar-refractivity contribution in [3.8, 4) is 0 Å². The molecule has 0 bridgehead atoms. The molecule has 10 heteroatoms. The number of nitrogens with one attached hydrogen (secondary N) is 1. The van der Waals surface area contributed by atoms with Gasteiger partial charge in [0.25, 0.3) is 0 Å². The molecule has 2 N–H and O–H groups in total. The van der Waals surface area contributed by atoms with Crippen LogP contribution in [0.15, 0.2) is 33.2 Å². The average Bonchev–Trinajstić information content (AvgIpc) is 2.71. The minimum absolute atomic E-state index is 0.133. The molecule has 0 aliphatic carbocycles. The Morgan fingerprint density at radius 3 is 3.00 bits per heavy atom. The molecule has 0 radical (unpaired) electrons. The molecule has 2 rings (SSSR count). The molecule has 160 valence electrons. The fourth-order valence-corrected chi connectivity index (χ4v) is 4.79. The van der Waals surface area contributed by atoms with Gasteiger partial charge < -0.3 is 15.2 Å². The lowest BCUT2D eigenvalue weighted by Gasteiger charge is -2.37. The van der Waals surface area contributed by atoms with Crippen molar-refractivity contribution in [1.29, 1.82) is 0 Å². The number of nitrogens with zero attached hydrogens (tertiary/aromatic N) is 3. The molecule has 0 aromatic heterocycles. The quantitative estimate of drug-likeness (QED) is 0.319. The highest BCUT2D eigenvalue weighted by molar-refractivity contribution is 8.18. The summed E-state index contributed by atoms with van der Waals surface area (Å²) in [5, 5.41) is 14.7. The summed E-state index contributed by atoms with van der Waals surface area (Å²) in [6.45, 7) is 7.35. The molecule has 2 heterocycles. The molecule has 1 saturated heterocycles. The van der Waals surface area contributed by atoms with Crippen LogP contribution in [0.3, 0.4) is 0 Å². The number of hydrogen-bond donors (Lipinski definition) is 2. The lowest BCUT2D eigenvalue weighted by Crippen LogP contribution is -2.47. The molecule has 1 unspecified atom stereocenters. The van der Waals surface area contributed by atoms with Gasteiger partial charge in [0.05, 0.1) is 18.7 Å². The molecule has 0 saturated carbocycles. The minimum atomic E-state index is -0.789. The highest BCUT2D eigenvalue weighted by Gasteiger charge is 2.29. The van der Waals surface area contributed by atoms with Gasteiger partial charge in [0.2, 0.25) is 0 Å². The predicted octanol–water partition coefficient (Wildman–Crippen LogP) is 1.99. The van der Waals surface area contributed by atoms with Crippen LogP contribution in [-0.4, -0.2) is 83.7 Å². The summed E-state index contributed by atoms with van der Waals surface area (Å²) in [6.07, 6.45) is 0.716. The largest absolute Gasteiger partial charge is 0.481 e. The number of aliphatic imine (C=N–C) groups is 2. The second kappa shape index (κ2) is 12.0. The summed E-state index contributed by atoms with van der Waals surface area (Å²) in [6, 6.07) is 0.145. The second-order valence-electron chi connectivity index (χ2n) is 6.41. The second-order valence-corrected chi connectivity index (χ2v) is 8.52. The summed E-state index contributed by atoms with van der Waals surface area (Å²) in [7, 11) is 1.68. The maximum Gasteiger partial charge on any atom is 0.337 e. The van der Waals surface area contributed by atoms with Crippen molar-refractivity contribution in [2.24, 2.45) is 9.98 Å². The van der Waals surface area contributed by atoms with Gasteiger partial charge in [0.1, 0.15) is 5.04 Å². The average molecular weight is 441 g/mol. The summed E-state index contributed by atoms with van der Waals surface area (Å²) < 4.78 is 5.22. The van der Waals surface area contributed by atoms with Gasteiger partial charge in [-0.15, -0.1) is 0 Å². The van der Waals surface area contributed by atoms with Crippen molar-refractivity contribution in [2.45, 2.75) is 25.8 Å². The van der Waals surface area contributed by atoms with Gasteiger partial charge in [-0.2, -0.15) is 11.8 Å². The summed E-state index contributed by atoms with van der Waals surface area (Å²) in [4.78, 5) is 34.5. The van der Waals surface area contributed by atoms with Crippen LogP contribution in [0.2, 0.25) is 0 Å².